The van der Waals surface area contributed by atoms with Gasteiger partial charge in [-0.05, 0) is 35.9 Å². The Bertz CT molecular complexity index is 872. The highest BCUT2D eigenvalue weighted by Crippen LogP contribution is 2.29. The monoisotopic (exact) mass is 439 g/mol. The number of rotatable bonds is 5. The minimum absolute atomic E-state index is 0.209. The van der Waals surface area contributed by atoms with E-state index in [1.54, 1.807) is 23.9 Å². The molecule has 0 bridgehead atoms. The van der Waals surface area contributed by atoms with Gasteiger partial charge in [0, 0.05) is 20.8 Å². The molecule has 0 radical (unpaired) electrons. The van der Waals surface area contributed by atoms with Gasteiger partial charge in [-0.15, -0.1) is 10.2 Å². The van der Waals surface area contributed by atoms with Crippen molar-refractivity contribution in [2.75, 3.05) is 5.32 Å². The van der Waals surface area contributed by atoms with Crippen molar-refractivity contribution < 1.29 is 4.79 Å². The Morgan fingerprint density at radius 1 is 1.21 bits per heavy atom. The molecule has 0 unspecified atom stereocenters. The van der Waals surface area contributed by atoms with Crippen molar-refractivity contribution in [1.82, 2.24) is 10.2 Å². The summed E-state index contributed by atoms with van der Waals surface area (Å²) in [6, 6.07) is 14.9. The Hall–Kier alpha value is -1.41. The topological polar surface area (TPSA) is 54.9 Å². The van der Waals surface area contributed by atoms with Crippen LogP contribution in [0.5, 0.6) is 0 Å². The molecule has 1 amide bonds. The quantitative estimate of drug-likeness (QED) is 0.420. The molecule has 1 N–H and O–H groups in total. The second-order valence-electron chi connectivity index (χ2n) is 4.76. The maximum Gasteiger partial charge on any atom is 0.257 e. The van der Waals surface area contributed by atoms with Gasteiger partial charge in [0.2, 0.25) is 5.13 Å². The first kappa shape index (κ1) is 17.4. The molecule has 8 heteroatoms. The van der Waals surface area contributed by atoms with Crippen molar-refractivity contribution in [3.8, 4) is 0 Å². The Morgan fingerprint density at radius 3 is 2.83 bits per heavy atom. The summed E-state index contributed by atoms with van der Waals surface area (Å²) in [4.78, 5) is 12.2. The summed E-state index contributed by atoms with van der Waals surface area (Å²) >= 11 is 12.2. The lowest BCUT2D eigenvalue weighted by Crippen LogP contribution is -2.11. The fourth-order valence-corrected chi connectivity index (χ4v) is 4.19. The van der Waals surface area contributed by atoms with Gasteiger partial charge in [0.05, 0.1) is 0 Å². The molecule has 0 saturated carbocycles. The average molecular weight is 441 g/mol. The molecule has 2 aromatic carbocycles. The Morgan fingerprint density at radius 2 is 2.04 bits per heavy atom. The highest BCUT2D eigenvalue weighted by Gasteiger charge is 2.11. The third-order valence-corrected chi connectivity index (χ3v) is 5.74. The standard InChI is InChI=1S/C16H11BrClN3OS2/c17-12-5-2-4-11(8-12)14(22)19-15-20-21-16(24-15)23-9-10-3-1-6-13(18)7-10/h1-8H,9H2,(H,19,20,22). The molecule has 0 atom stereocenters. The minimum Gasteiger partial charge on any atom is -0.296 e. The van der Waals surface area contributed by atoms with Crippen molar-refractivity contribution in [2.45, 2.75) is 10.1 Å². The van der Waals surface area contributed by atoms with Gasteiger partial charge in [-0.25, -0.2) is 0 Å². The predicted molar refractivity (Wildman–Crippen MR) is 103 cm³/mol. The largest absolute Gasteiger partial charge is 0.296 e. The average Bonchev–Trinajstić information content (AvgIpc) is 3.00. The van der Waals surface area contributed by atoms with Gasteiger partial charge in [-0.3, -0.25) is 10.1 Å². The van der Waals surface area contributed by atoms with Crippen LogP contribution in [0.25, 0.3) is 0 Å². The zero-order valence-corrected chi connectivity index (χ0v) is 16.2. The van der Waals surface area contributed by atoms with E-state index in [1.165, 1.54) is 11.3 Å². The molecule has 0 fully saturated rings. The van der Waals surface area contributed by atoms with Crippen LogP contribution in [0.4, 0.5) is 5.13 Å². The van der Waals surface area contributed by atoms with E-state index in [0.29, 0.717) is 15.7 Å². The second-order valence-corrected chi connectivity index (χ2v) is 8.31. The fourth-order valence-electron chi connectivity index (χ4n) is 1.89. The van der Waals surface area contributed by atoms with Crippen LogP contribution in [0.15, 0.2) is 57.3 Å². The lowest BCUT2D eigenvalue weighted by Gasteiger charge is -2.01. The second kappa shape index (κ2) is 8.11. The van der Waals surface area contributed by atoms with Crippen molar-refractivity contribution in [2.24, 2.45) is 0 Å². The van der Waals surface area contributed by atoms with Gasteiger partial charge in [0.15, 0.2) is 4.34 Å². The highest BCUT2D eigenvalue weighted by atomic mass is 79.9. The fraction of sp³-hybridized carbons (Fsp3) is 0.0625. The number of hydrogen-bond donors (Lipinski definition) is 1. The van der Waals surface area contributed by atoms with Gasteiger partial charge in [-0.2, -0.15) is 0 Å². The summed E-state index contributed by atoms with van der Waals surface area (Å²) in [5.74, 6) is 0.535. The molecule has 1 aromatic heterocycles. The third kappa shape index (κ3) is 4.80. The van der Waals surface area contributed by atoms with Crippen LogP contribution in [-0.4, -0.2) is 16.1 Å². The first-order valence-electron chi connectivity index (χ1n) is 6.88. The zero-order valence-electron chi connectivity index (χ0n) is 12.2. The van der Waals surface area contributed by atoms with Crippen molar-refractivity contribution in [1.29, 1.82) is 0 Å². The summed E-state index contributed by atoms with van der Waals surface area (Å²) in [5.41, 5.74) is 1.68. The van der Waals surface area contributed by atoms with Crippen molar-refractivity contribution in [3.63, 3.8) is 0 Å². The number of carbonyl (C=O) groups is 1. The number of benzene rings is 2. The van der Waals surface area contributed by atoms with Crippen molar-refractivity contribution in [3.05, 3.63) is 69.2 Å². The maximum absolute atomic E-state index is 12.2. The first-order valence-corrected chi connectivity index (χ1v) is 9.85. The van der Waals surface area contributed by atoms with E-state index in [1.807, 2.05) is 36.4 Å². The SMILES string of the molecule is O=C(Nc1nnc(SCc2cccc(Cl)c2)s1)c1cccc(Br)c1. The Labute approximate surface area is 160 Å². The Kier molecular flexibility index (Phi) is 5.89. The maximum atomic E-state index is 12.2. The normalized spacial score (nSPS) is 10.6. The van der Waals surface area contributed by atoms with E-state index in [9.17, 15) is 4.79 Å². The lowest BCUT2D eigenvalue weighted by molar-refractivity contribution is 0.102. The van der Waals surface area contributed by atoms with E-state index in [2.05, 4.69) is 31.4 Å². The third-order valence-electron chi connectivity index (χ3n) is 2.97. The van der Waals surface area contributed by atoms with Crippen LogP contribution in [0.3, 0.4) is 0 Å². The van der Waals surface area contributed by atoms with E-state index in [0.717, 1.165) is 20.1 Å². The van der Waals surface area contributed by atoms with Crippen LogP contribution >= 0.6 is 50.6 Å². The molecule has 0 spiro atoms. The number of carbonyl (C=O) groups excluding carboxylic acids is 1. The van der Waals surface area contributed by atoms with Gasteiger partial charge < -0.3 is 0 Å². The molecule has 24 heavy (non-hydrogen) atoms. The van der Waals surface area contributed by atoms with E-state index >= 15 is 0 Å². The summed E-state index contributed by atoms with van der Waals surface area (Å²) in [5, 5.41) is 12.1. The summed E-state index contributed by atoms with van der Waals surface area (Å²) in [6.07, 6.45) is 0. The summed E-state index contributed by atoms with van der Waals surface area (Å²) < 4.78 is 1.64. The van der Waals surface area contributed by atoms with Crippen LogP contribution in [0.2, 0.25) is 5.02 Å². The molecule has 1 heterocycles. The minimum atomic E-state index is -0.209. The molecule has 122 valence electrons. The number of aromatic nitrogens is 2. The zero-order chi connectivity index (χ0) is 16.9. The number of halogens is 2. The number of nitrogens with zero attached hydrogens (tertiary/aromatic N) is 2. The number of nitrogens with one attached hydrogen (secondary N) is 1. The molecule has 3 rings (SSSR count). The number of thioether (sulfide) groups is 1. The van der Waals surface area contributed by atoms with Crippen LogP contribution in [0.1, 0.15) is 15.9 Å². The summed E-state index contributed by atoms with van der Waals surface area (Å²) in [6.45, 7) is 0. The number of amides is 1. The van der Waals surface area contributed by atoms with Gasteiger partial charge >= 0.3 is 0 Å². The summed E-state index contributed by atoms with van der Waals surface area (Å²) in [7, 11) is 0. The van der Waals surface area contributed by atoms with Gasteiger partial charge in [0.25, 0.3) is 5.91 Å². The van der Waals surface area contributed by atoms with E-state index < -0.39 is 0 Å². The molecular formula is C16H11BrClN3OS2. The first-order chi connectivity index (χ1) is 11.6. The Balaban J connectivity index is 1.60. The van der Waals surface area contributed by atoms with Gasteiger partial charge in [0.1, 0.15) is 0 Å². The predicted octanol–water partition coefficient (Wildman–Crippen LogP) is 5.50. The lowest BCUT2D eigenvalue weighted by atomic mass is 10.2. The molecule has 3 aromatic rings. The van der Waals surface area contributed by atoms with E-state index in [-0.39, 0.29) is 5.91 Å². The number of hydrogen-bond acceptors (Lipinski definition) is 5. The van der Waals surface area contributed by atoms with Crippen LogP contribution < -0.4 is 5.32 Å². The number of anilines is 1. The molecule has 4 nitrogen and oxygen atoms in total. The van der Waals surface area contributed by atoms with E-state index in [4.69, 9.17) is 11.6 Å². The van der Waals surface area contributed by atoms with Crippen LogP contribution in [0, 0.1) is 0 Å². The van der Waals surface area contributed by atoms with Crippen molar-refractivity contribution >= 4 is 61.7 Å². The smallest absolute Gasteiger partial charge is 0.257 e. The molecule has 0 aliphatic carbocycles. The molecular weight excluding hydrogens is 430 g/mol. The molecule has 0 saturated heterocycles. The highest BCUT2D eigenvalue weighted by molar-refractivity contribution is 9.10. The molecule has 0 aliphatic heterocycles. The van der Waals surface area contributed by atoms with Crippen LogP contribution in [-0.2, 0) is 5.75 Å². The molecule has 0 aliphatic rings. The van der Waals surface area contributed by atoms with Gasteiger partial charge in [-0.1, -0.05) is 68.8 Å².